The lowest BCUT2D eigenvalue weighted by atomic mass is 9.67. The number of hydrogen-bond donors (Lipinski definition) is 2. The number of halogens is 1. The number of nitrogens with zero attached hydrogens (tertiary/aromatic N) is 4. The number of rotatable bonds is 10. The molecule has 0 amide bonds. The first-order valence-corrected chi connectivity index (χ1v) is 8.95. The van der Waals surface area contributed by atoms with Crippen LogP contribution in [0.1, 0.15) is 37.3 Å². The van der Waals surface area contributed by atoms with Gasteiger partial charge in [0.25, 0.3) is 0 Å². The molecule has 1 heterocycles. The van der Waals surface area contributed by atoms with Gasteiger partial charge in [0.15, 0.2) is 11.8 Å². The summed E-state index contributed by atoms with van der Waals surface area (Å²) >= 11 is 0. The molecule has 1 fully saturated rings. The lowest BCUT2D eigenvalue weighted by Crippen LogP contribution is -2.47. The zero-order valence-corrected chi connectivity index (χ0v) is 18.7. The third kappa shape index (κ3) is 6.66. The van der Waals surface area contributed by atoms with E-state index >= 15 is 0 Å². The Bertz CT molecular complexity index is 559. The number of methoxy groups -OCH3 is 2. The smallest absolute Gasteiger partial charge is 0.191 e. The zero-order valence-electron chi connectivity index (χ0n) is 16.4. The highest BCUT2D eigenvalue weighted by Gasteiger charge is 2.36. The molecule has 1 saturated carbocycles. The summed E-state index contributed by atoms with van der Waals surface area (Å²) < 4.78 is 12.4. The van der Waals surface area contributed by atoms with E-state index in [0.29, 0.717) is 25.1 Å². The van der Waals surface area contributed by atoms with Gasteiger partial charge in [-0.25, -0.2) is 4.99 Å². The first-order chi connectivity index (χ1) is 12.1. The standard InChI is InChI=1S/C17H32N6O2.HI/c1-14-21-22-15(23(14)2)12-19-16(18-9-11-25-4)20-13-17(6-5-7-17)8-10-24-3;/h5-13H2,1-4H3,(H2,18,19,20);1H. The molecule has 0 aromatic carbocycles. The van der Waals surface area contributed by atoms with E-state index in [2.05, 4.69) is 25.8 Å². The fourth-order valence-electron chi connectivity index (χ4n) is 2.97. The highest BCUT2D eigenvalue weighted by molar-refractivity contribution is 14.0. The van der Waals surface area contributed by atoms with Gasteiger partial charge in [-0.05, 0) is 31.6 Å². The molecule has 1 aliphatic rings. The van der Waals surface area contributed by atoms with Gasteiger partial charge in [-0.15, -0.1) is 34.2 Å². The highest BCUT2D eigenvalue weighted by atomic mass is 127. The van der Waals surface area contributed by atoms with Gasteiger partial charge < -0.3 is 24.7 Å². The maximum Gasteiger partial charge on any atom is 0.191 e. The minimum absolute atomic E-state index is 0. The Kier molecular flexibility index (Phi) is 10.4. The molecule has 0 aliphatic heterocycles. The second kappa shape index (κ2) is 11.7. The summed E-state index contributed by atoms with van der Waals surface area (Å²) in [6.07, 6.45) is 4.88. The fourth-order valence-corrected chi connectivity index (χ4v) is 2.97. The van der Waals surface area contributed by atoms with Crippen LogP contribution in [0.5, 0.6) is 0 Å². The summed E-state index contributed by atoms with van der Waals surface area (Å²) in [6.45, 7) is 5.50. The van der Waals surface area contributed by atoms with Crippen molar-refractivity contribution in [3.63, 3.8) is 0 Å². The first-order valence-electron chi connectivity index (χ1n) is 8.95. The van der Waals surface area contributed by atoms with Gasteiger partial charge in [0, 0.05) is 41.0 Å². The summed E-state index contributed by atoms with van der Waals surface area (Å²) in [5.74, 6) is 2.53. The molecule has 26 heavy (non-hydrogen) atoms. The van der Waals surface area contributed by atoms with E-state index in [1.165, 1.54) is 19.3 Å². The molecule has 1 aromatic rings. The Morgan fingerprint density at radius 1 is 1.19 bits per heavy atom. The van der Waals surface area contributed by atoms with Crippen LogP contribution in [0.3, 0.4) is 0 Å². The van der Waals surface area contributed by atoms with E-state index in [-0.39, 0.29) is 24.0 Å². The van der Waals surface area contributed by atoms with Gasteiger partial charge in [-0.3, -0.25) is 0 Å². The monoisotopic (exact) mass is 480 g/mol. The van der Waals surface area contributed by atoms with E-state index in [9.17, 15) is 0 Å². The third-order valence-electron chi connectivity index (χ3n) is 5.04. The molecule has 0 radical (unpaired) electrons. The average Bonchev–Trinajstić information content (AvgIpc) is 2.89. The molecule has 1 aromatic heterocycles. The van der Waals surface area contributed by atoms with Crippen molar-refractivity contribution in [2.24, 2.45) is 17.5 Å². The van der Waals surface area contributed by atoms with Crippen LogP contribution < -0.4 is 10.6 Å². The second-order valence-electron chi connectivity index (χ2n) is 6.76. The molecule has 8 nitrogen and oxygen atoms in total. The Morgan fingerprint density at radius 3 is 2.46 bits per heavy atom. The van der Waals surface area contributed by atoms with Crippen molar-refractivity contribution >= 4 is 29.9 Å². The van der Waals surface area contributed by atoms with Gasteiger partial charge in [-0.1, -0.05) is 6.42 Å². The first kappa shape index (κ1) is 23.1. The minimum Gasteiger partial charge on any atom is -0.385 e. The predicted octanol–water partition coefficient (Wildman–Crippen LogP) is 1.63. The Balaban J connectivity index is 0.00000338. The minimum atomic E-state index is 0. The molecule has 2 N–H and O–H groups in total. The number of hydrogen-bond acceptors (Lipinski definition) is 5. The van der Waals surface area contributed by atoms with Crippen LogP contribution in [0.15, 0.2) is 4.99 Å². The van der Waals surface area contributed by atoms with E-state index in [1.807, 2.05) is 18.5 Å². The van der Waals surface area contributed by atoms with Crippen LogP contribution in [0.2, 0.25) is 0 Å². The van der Waals surface area contributed by atoms with Crippen molar-refractivity contribution < 1.29 is 9.47 Å². The summed E-state index contributed by atoms with van der Waals surface area (Å²) in [4.78, 5) is 4.67. The van der Waals surface area contributed by atoms with Crippen molar-refractivity contribution in [1.29, 1.82) is 0 Å². The second-order valence-corrected chi connectivity index (χ2v) is 6.76. The molecule has 0 atom stereocenters. The highest BCUT2D eigenvalue weighted by Crippen LogP contribution is 2.43. The molecular formula is C17H33IN6O2. The Morgan fingerprint density at radius 2 is 1.92 bits per heavy atom. The lowest BCUT2D eigenvalue weighted by molar-refractivity contribution is 0.0732. The van der Waals surface area contributed by atoms with Crippen molar-refractivity contribution in [2.75, 3.05) is 40.5 Å². The number of guanidine groups is 1. The number of ether oxygens (including phenoxy) is 2. The zero-order chi connectivity index (χ0) is 18.1. The van der Waals surface area contributed by atoms with Crippen LogP contribution in [0.4, 0.5) is 0 Å². The lowest BCUT2D eigenvalue weighted by Gasteiger charge is -2.42. The van der Waals surface area contributed by atoms with Gasteiger partial charge in [0.05, 0.1) is 6.61 Å². The summed E-state index contributed by atoms with van der Waals surface area (Å²) in [7, 11) is 5.42. The maximum absolute atomic E-state index is 5.27. The van der Waals surface area contributed by atoms with Gasteiger partial charge in [-0.2, -0.15) is 0 Å². The molecule has 0 spiro atoms. The molecule has 0 bridgehead atoms. The van der Waals surface area contributed by atoms with Crippen LogP contribution in [0.25, 0.3) is 0 Å². The quantitative estimate of drug-likeness (QED) is 0.229. The third-order valence-corrected chi connectivity index (χ3v) is 5.04. The number of aliphatic imine (C=N–C) groups is 1. The molecule has 2 rings (SSSR count). The van der Waals surface area contributed by atoms with Crippen molar-refractivity contribution in [1.82, 2.24) is 25.4 Å². The van der Waals surface area contributed by atoms with E-state index < -0.39 is 0 Å². The van der Waals surface area contributed by atoms with Crippen molar-refractivity contribution in [2.45, 2.75) is 39.2 Å². The van der Waals surface area contributed by atoms with Gasteiger partial charge in [0.1, 0.15) is 12.4 Å². The largest absolute Gasteiger partial charge is 0.385 e. The number of aromatic nitrogens is 3. The molecule has 0 saturated heterocycles. The average molecular weight is 480 g/mol. The molecule has 150 valence electrons. The molecule has 0 unspecified atom stereocenters. The molecular weight excluding hydrogens is 447 g/mol. The predicted molar refractivity (Wildman–Crippen MR) is 113 cm³/mol. The normalized spacial score (nSPS) is 15.9. The summed E-state index contributed by atoms with van der Waals surface area (Å²) in [5, 5.41) is 15.1. The van der Waals surface area contributed by atoms with E-state index in [1.54, 1.807) is 14.2 Å². The Hall–Kier alpha value is -0.940. The van der Waals surface area contributed by atoms with Crippen molar-refractivity contribution in [3.05, 3.63) is 11.6 Å². The fraction of sp³-hybridized carbons (Fsp3) is 0.824. The number of aryl methyl sites for hydroxylation is 1. The molecule has 1 aliphatic carbocycles. The van der Waals surface area contributed by atoms with Crippen LogP contribution in [-0.2, 0) is 23.1 Å². The van der Waals surface area contributed by atoms with Crippen LogP contribution in [-0.4, -0.2) is 61.2 Å². The van der Waals surface area contributed by atoms with Gasteiger partial charge in [0.2, 0.25) is 0 Å². The van der Waals surface area contributed by atoms with Crippen molar-refractivity contribution in [3.8, 4) is 0 Å². The van der Waals surface area contributed by atoms with Crippen LogP contribution >= 0.6 is 24.0 Å². The van der Waals surface area contributed by atoms with Gasteiger partial charge >= 0.3 is 0 Å². The summed E-state index contributed by atoms with van der Waals surface area (Å²) in [6, 6.07) is 0. The topological polar surface area (TPSA) is 85.6 Å². The van der Waals surface area contributed by atoms with E-state index in [0.717, 1.165) is 37.2 Å². The van der Waals surface area contributed by atoms with E-state index in [4.69, 9.17) is 9.47 Å². The SMILES string of the molecule is COCCNC(=NCc1nnc(C)n1C)NCC1(CCOC)CCC1.I. The molecule has 9 heteroatoms. The van der Waals surface area contributed by atoms with Crippen LogP contribution in [0, 0.1) is 12.3 Å². The number of nitrogens with one attached hydrogen (secondary N) is 2. The Labute approximate surface area is 173 Å². The summed E-state index contributed by atoms with van der Waals surface area (Å²) in [5.41, 5.74) is 0.334. The maximum atomic E-state index is 5.27.